The SMILES string of the molecule is Cl.Cl.Nc1ccc(C(=O)NCCN2CCOCC2)nc1. The lowest BCUT2D eigenvalue weighted by molar-refractivity contribution is 0.0383. The number of nitrogen functional groups attached to an aromatic ring is 1. The second-order valence-electron chi connectivity index (χ2n) is 4.19. The van der Waals surface area contributed by atoms with Gasteiger partial charge in [-0.25, -0.2) is 4.98 Å². The molecule has 0 aliphatic carbocycles. The zero-order valence-corrected chi connectivity index (χ0v) is 12.7. The van der Waals surface area contributed by atoms with Gasteiger partial charge >= 0.3 is 0 Å². The normalized spacial score (nSPS) is 14.8. The highest BCUT2D eigenvalue weighted by atomic mass is 35.5. The Balaban J connectivity index is 0.00000180. The van der Waals surface area contributed by atoms with E-state index in [9.17, 15) is 4.79 Å². The van der Waals surface area contributed by atoms with E-state index >= 15 is 0 Å². The smallest absolute Gasteiger partial charge is 0.269 e. The summed E-state index contributed by atoms with van der Waals surface area (Å²) in [4.78, 5) is 18.0. The molecule has 0 unspecified atom stereocenters. The Morgan fingerprint density at radius 2 is 2.05 bits per heavy atom. The van der Waals surface area contributed by atoms with Gasteiger partial charge in [0.25, 0.3) is 5.91 Å². The van der Waals surface area contributed by atoms with Crippen molar-refractivity contribution >= 4 is 36.4 Å². The largest absolute Gasteiger partial charge is 0.397 e. The Bertz CT molecular complexity index is 397. The number of hydrogen-bond donors (Lipinski definition) is 2. The third-order valence-corrected chi connectivity index (χ3v) is 2.84. The van der Waals surface area contributed by atoms with Crippen molar-refractivity contribution in [3.8, 4) is 0 Å². The van der Waals surface area contributed by atoms with Crippen LogP contribution in [0.2, 0.25) is 0 Å². The van der Waals surface area contributed by atoms with Crippen molar-refractivity contribution in [2.45, 2.75) is 0 Å². The molecule has 1 saturated heterocycles. The van der Waals surface area contributed by atoms with Crippen LogP contribution in [0.15, 0.2) is 18.3 Å². The van der Waals surface area contributed by atoms with Crippen molar-refractivity contribution in [1.82, 2.24) is 15.2 Å². The summed E-state index contributed by atoms with van der Waals surface area (Å²) in [6.45, 7) is 4.85. The van der Waals surface area contributed by atoms with Crippen molar-refractivity contribution < 1.29 is 9.53 Å². The summed E-state index contributed by atoms with van der Waals surface area (Å²) in [5, 5.41) is 2.84. The average Bonchev–Trinajstić information content (AvgIpc) is 2.40. The van der Waals surface area contributed by atoms with Gasteiger partial charge in [0.15, 0.2) is 0 Å². The monoisotopic (exact) mass is 322 g/mol. The highest BCUT2D eigenvalue weighted by molar-refractivity contribution is 5.92. The number of carbonyl (C=O) groups excluding carboxylic acids is 1. The summed E-state index contributed by atoms with van der Waals surface area (Å²) in [5.41, 5.74) is 6.46. The fourth-order valence-corrected chi connectivity index (χ4v) is 1.78. The van der Waals surface area contributed by atoms with Crippen LogP contribution in [0.4, 0.5) is 5.69 Å². The fourth-order valence-electron chi connectivity index (χ4n) is 1.78. The molecule has 1 aliphatic heterocycles. The molecule has 1 aromatic heterocycles. The first-order valence-corrected chi connectivity index (χ1v) is 6.05. The maximum atomic E-state index is 11.7. The summed E-state index contributed by atoms with van der Waals surface area (Å²) < 4.78 is 5.26. The van der Waals surface area contributed by atoms with Crippen molar-refractivity contribution in [2.24, 2.45) is 0 Å². The van der Waals surface area contributed by atoms with Gasteiger partial charge in [0, 0.05) is 26.2 Å². The minimum absolute atomic E-state index is 0. The lowest BCUT2D eigenvalue weighted by Crippen LogP contribution is -2.41. The molecule has 114 valence electrons. The first-order valence-electron chi connectivity index (χ1n) is 6.05. The molecule has 1 aromatic rings. The van der Waals surface area contributed by atoms with E-state index in [1.807, 2.05) is 0 Å². The lowest BCUT2D eigenvalue weighted by atomic mass is 10.3. The number of nitrogens with two attached hydrogens (primary N) is 1. The predicted octanol–water partition coefficient (Wildman–Crippen LogP) is 0.569. The van der Waals surface area contributed by atoms with Crippen LogP contribution < -0.4 is 11.1 Å². The molecule has 1 aliphatic rings. The highest BCUT2D eigenvalue weighted by Gasteiger charge is 2.11. The Morgan fingerprint density at radius 1 is 1.35 bits per heavy atom. The van der Waals surface area contributed by atoms with Crippen LogP contribution >= 0.6 is 24.8 Å². The van der Waals surface area contributed by atoms with E-state index < -0.39 is 0 Å². The van der Waals surface area contributed by atoms with Gasteiger partial charge in [0.1, 0.15) is 5.69 Å². The molecular weight excluding hydrogens is 303 g/mol. The molecule has 2 rings (SSSR count). The first kappa shape index (κ1) is 18.9. The van der Waals surface area contributed by atoms with Crippen LogP contribution in [0.1, 0.15) is 10.5 Å². The fraction of sp³-hybridized carbons (Fsp3) is 0.500. The molecule has 20 heavy (non-hydrogen) atoms. The van der Waals surface area contributed by atoms with Crippen molar-refractivity contribution in [2.75, 3.05) is 45.1 Å². The summed E-state index contributed by atoms with van der Waals surface area (Å²) in [6, 6.07) is 3.29. The van der Waals surface area contributed by atoms with E-state index in [1.165, 1.54) is 6.20 Å². The molecule has 0 radical (unpaired) electrons. The van der Waals surface area contributed by atoms with Crippen LogP contribution in [0.5, 0.6) is 0 Å². The molecule has 1 fully saturated rings. The number of pyridine rings is 1. The number of aromatic nitrogens is 1. The third-order valence-electron chi connectivity index (χ3n) is 2.84. The number of carbonyl (C=O) groups is 1. The third kappa shape index (κ3) is 5.92. The van der Waals surface area contributed by atoms with Gasteiger partial charge < -0.3 is 15.8 Å². The minimum atomic E-state index is -0.164. The van der Waals surface area contributed by atoms with E-state index in [0.29, 0.717) is 17.9 Å². The topological polar surface area (TPSA) is 80.5 Å². The molecular formula is C12H20Cl2N4O2. The van der Waals surface area contributed by atoms with Crippen LogP contribution in [0, 0.1) is 0 Å². The zero-order chi connectivity index (χ0) is 12.8. The lowest BCUT2D eigenvalue weighted by Gasteiger charge is -2.26. The molecule has 0 spiro atoms. The molecule has 1 amide bonds. The average molecular weight is 323 g/mol. The van der Waals surface area contributed by atoms with Gasteiger partial charge in [-0.2, -0.15) is 0 Å². The highest BCUT2D eigenvalue weighted by Crippen LogP contribution is 2.01. The Kier molecular flexibility index (Phi) is 9.24. The Hall–Kier alpha value is -1.08. The molecule has 0 bridgehead atoms. The number of nitrogens with zero attached hydrogens (tertiary/aromatic N) is 2. The number of hydrogen-bond acceptors (Lipinski definition) is 5. The van der Waals surface area contributed by atoms with Crippen LogP contribution in [0.25, 0.3) is 0 Å². The van der Waals surface area contributed by atoms with Crippen molar-refractivity contribution in [3.63, 3.8) is 0 Å². The van der Waals surface area contributed by atoms with Crippen LogP contribution in [-0.2, 0) is 4.74 Å². The Labute approximate surface area is 130 Å². The second-order valence-corrected chi connectivity index (χ2v) is 4.19. The molecule has 8 heteroatoms. The van der Waals surface area contributed by atoms with E-state index in [0.717, 1.165) is 32.8 Å². The summed E-state index contributed by atoms with van der Waals surface area (Å²) in [6.07, 6.45) is 1.48. The number of morpholine rings is 1. The number of ether oxygens (including phenoxy) is 1. The number of halogens is 2. The minimum Gasteiger partial charge on any atom is -0.397 e. The summed E-state index contributed by atoms with van der Waals surface area (Å²) in [7, 11) is 0. The van der Waals surface area contributed by atoms with Gasteiger partial charge in [-0.05, 0) is 12.1 Å². The number of nitrogens with one attached hydrogen (secondary N) is 1. The molecule has 3 N–H and O–H groups in total. The number of rotatable bonds is 4. The van der Waals surface area contributed by atoms with Crippen LogP contribution in [-0.4, -0.2) is 55.2 Å². The van der Waals surface area contributed by atoms with Crippen molar-refractivity contribution in [3.05, 3.63) is 24.0 Å². The second kappa shape index (κ2) is 9.77. The van der Waals surface area contributed by atoms with E-state index in [-0.39, 0.29) is 30.7 Å². The summed E-state index contributed by atoms with van der Waals surface area (Å²) in [5.74, 6) is -0.164. The van der Waals surface area contributed by atoms with Gasteiger partial charge in [0.05, 0.1) is 25.1 Å². The van der Waals surface area contributed by atoms with Gasteiger partial charge in [-0.15, -0.1) is 24.8 Å². The first-order chi connectivity index (χ1) is 8.75. The zero-order valence-electron chi connectivity index (χ0n) is 11.1. The molecule has 0 atom stereocenters. The van der Waals surface area contributed by atoms with Gasteiger partial charge in [-0.3, -0.25) is 9.69 Å². The van der Waals surface area contributed by atoms with E-state index in [2.05, 4.69) is 15.2 Å². The van der Waals surface area contributed by atoms with Gasteiger partial charge in [-0.1, -0.05) is 0 Å². The standard InChI is InChI=1S/C12H18N4O2.2ClH/c13-10-1-2-11(15-9-10)12(17)14-3-4-16-5-7-18-8-6-16;;/h1-2,9H,3-8,13H2,(H,14,17);2*1H. The molecule has 0 saturated carbocycles. The maximum absolute atomic E-state index is 11.7. The molecule has 0 aromatic carbocycles. The number of anilines is 1. The van der Waals surface area contributed by atoms with E-state index in [1.54, 1.807) is 12.1 Å². The molecule has 6 nitrogen and oxygen atoms in total. The number of amides is 1. The van der Waals surface area contributed by atoms with Gasteiger partial charge in [0.2, 0.25) is 0 Å². The molecule has 2 heterocycles. The maximum Gasteiger partial charge on any atom is 0.269 e. The van der Waals surface area contributed by atoms with E-state index in [4.69, 9.17) is 10.5 Å². The summed E-state index contributed by atoms with van der Waals surface area (Å²) >= 11 is 0. The quantitative estimate of drug-likeness (QED) is 0.847. The van der Waals surface area contributed by atoms with Crippen LogP contribution in [0.3, 0.4) is 0 Å². The van der Waals surface area contributed by atoms with Crippen molar-refractivity contribution in [1.29, 1.82) is 0 Å². The predicted molar refractivity (Wildman–Crippen MR) is 82.7 cm³/mol. The Morgan fingerprint density at radius 3 is 2.65 bits per heavy atom.